The molecule has 9 aromatic carbocycles. The Kier molecular flexibility index (Phi) is 5.75. The molecule has 12 rings (SSSR count). The maximum absolute atomic E-state index is 9.06. The Labute approximate surface area is 354 Å². The minimum atomic E-state index is -0.516. The molecule has 2 aliphatic rings. The van der Waals surface area contributed by atoms with Crippen molar-refractivity contribution in [1.29, 1.82) is 0 Å². The van der Waals surface area contributed by atoms with E-state index in [1.165, 1.54) is 11.3 Å². The van der Waals surface area contributed by atoms with Gasteiger partial charge in [-0.05, 0) is 74.0 Å². The summed E-state index contributed by atoms with van der Waals surface area (Å²) < 4.78 is 87.0. The van der Waals surface area contributed by atoms with Gasteiger partial charge in [-0.2, -0.15) is 0 Å². The molecule has 270 valence electrons. The molecule has 0 unspecified atom stereocenters. The molecule has 0 N–H and O–H groups in total. The number of ether oxygens (including phenoxy) is 1. The van der Waals surface area contributed by atoms with Gasteiger partial charge in [-0.3, -0.25) is 0 Å². The molecule has 0 saturated heterocycles. The Bertz CT molecular complexity index is 3650. The summed E-state index contributed by atoms with van der Waals surface area (Å²) in [7, 11) is 0. The fourth-order valence-electron chi connectivity index (χ4n) is 8.83. The van der Waals surface area contributed by atoms with Crippen LogP contribution in [0.2, 0.25) is 0 Å². The molecular weight excluding hydrogens is 721 g/mol. The molecule has 2 aliphatic heterocycles. The van der Waals surface area contributed by atoms with Crippen LogP contribution in [0.25, 0.3) is 64.7 Å². The van der Waals surface area contributed by atoms with Crippen LogP contribution >= 0.6 is 11.3 Å². The largest absolute Gasteiger partial charge is 0.457 e. The summed E-state index contributed by atoms with van der Waals surface area (Å²) in [5.41, 5.74) is 11.5. The summed E-state index contributed by atoms with van der Waals surface area (Å²) in [5.74, 6) is 1.12. The van der Waals surface area contributed by atoms with Crippen molar-refractivity contribution in [1.82, 2.24) is 0 Å². The first kappa shape index (κ1) is 25.2. The summed E-state index contributed by atoms with van der Waals surface area (Å²) >= 11 is 1.28. The zero-order valence-electron chi connectivity index (χ0n) is 39.8. The highest BCUT2D eigenvalue weighted by Crippen LogP contribution is 2.51. The lowest BCUT2D eigenvalue weighted by Crippen LogP contribution is -2.59. The van der Waals surface area contributed by atoms with Crippen LogP contribution in [-0.2, 0) is 0 Å². The van der Waals surface area contributed by atoms with Gasteiger partial charge in [-0.1, -0.05) is 182 Å². The number of rotatable bonds is 5. The number of hydrogen-bond donors (Lipinski definition) is 0. The first-order valence-electron chi connectivity index (χ1n) is 23.6. The Hall–Kier alpha value is -7.14. The molecule has 0 spiro atoms. The Balaban J connectivity index is 1.23. The van der Waals surface area contributed by atoms with Crippen LogP contribution in [0.3, 0.4) is 0 Å². The molecule has 0 aliphatic carbocycles. The van der Waals surface area contributed by atoms with Gasteiger partial charge in [0.2, 0.25) is 0 Å². The van der Waals surface area contributed by atoms with Crippen LogP contribution in [-0.4, -0.2) is 6.71 Å². The van der Waals surface area contributed by atoms with Crippen LogP contribution in [0.5, 0.6) is 11.5 Å². The van der Waals surface area contributed by atoms with Crippen molar-refractivity contribution in [3.63, 3.8) is 0 Å². The van der Waals surface area contributed by atoms with E-state index in [2.05, 4.69) is 71.6 Å². The summed E-state index contributed by atoms with van der Waals surface area (Å²) in [5, 5.41) is 1.09. The fourth-order valence-corrected chi connectivity index (χ4v) is 9.93. The van der Waals surface area contributed by atoms with Crippen molar-refractivity contribution in [2.45, 2.75) is 0 Å². The zero-order valence-corrected chi connectivity index (χ0v) is 31.6. The highest BCUT2D eigenvalue weighted by molar-refractivity contribution is 7.26. The highest BCUT2D eigenvalue weighted by atomic mass is 32.1. The number of hydrogen-bond acceptors (Lipinski definition) is 3. The van der Waals surface area contributed by atoms with E-state index in [4.69, 9.17) is 17.1 Å². The summed E-state index contributed by atoms with van der Waals surface area (Å²) in [6, 6.07) is 48.2. The average Bonchev–Trinajstić information content (AvgIpc) is 3.77. The molecule has 0 radical (unpaired) electrons. The number of para-hydroxylation sites is 1. The van der Waals surface area contributed by atoms with Crippen molar-refractivity contribution in [2.75, 3.05) is 4.90 Å². The molecule has 58 heavy (non-hydrogen) atoms. The molecule has 0 atom stereocenters. The van der Waals surface area contributed by atoms with E-state index in [1.54, 1.807) is 0 Å². The normalized spacial score (nSPS) is 14.7. The molecular formula is C54H34BNOS. The quantitative estimate of drug-likeness (QED) is 0.162. The van der Waals surface area contributed by atoms with Crippen molar-refractivity contribution < 1.29 is 17.1 Å². The monoisotopic (exact) mass is 764 g/mol. The van der Waals surface area contributed by atoms with Gasteiger partial charge >= 0.3 is 0 Å². The standard InChI is InChI=1S/C54H34BNOS/c1-5-16-35(17-6-1)39-28-31-47-46(32-39)55-45-30-29-44-43-24-13-14-27-50(43)58-54(44)53(45)57-49-34-40(36-18-7-2-8-19-36)33-48(51(49)55)56(47)52-41(37-20-9-3-10-21-37)25-15-26-42(52)38-22-11-4-12-23-38/h1-34H/i1D,5D,6D,13D,14D,16D,17D,24D,27D. The van der Waals surface area contributed by atoms with Crippen molar-refractivity contribution >= 4 is 71.7 Å². The lowest BCUT2D eigenvalue weighted by molar-refractivity contribution is 0.494. The first-order chi connectivity index (χ1) is 32.5. The number of benzene rings is 9. The molecule has 0 amide bonds. The Morgan fingerprint density at radius 2 is 1.16 bits per heavy atom. The SMILES string of the molecule is [2H]c1c([2H])c([2H])c(-c2ccc3c(c2)B2c4ccc5c(sc6c([2H])c([2H])c([2H])c([2H])c65)c4Oc4cc(-c5ccccc5)cc(c42)N3c2c(-c3ccccc3)cccc2-c2ccccc2)c([2H])c1[2H]. The molecule has 10 aromatic rings. The molecule has 2 nitrogen and oxygen atoms in total. The number of nitrogens with zero attached hydrogens (tertiary/aromatic N) is 1. The van der Waals surface area contributed by atoms with E-state index in [0.717, 1.165) is 66.8 Å². The second-order valence-corrected chi connectivity index (χ2v) is 15.5. The number of anilines is 3. The van der Waals surface area contributed by atoms with Gasteiger partial charge in [-0.15, -0.1) is 11.3 Å². The van der Waals surface area contributed by atoms with Gasteiger partial charge < -0.3 is 9.64 Å². The molecule has 4 heteroatoms. The molecule has 0 saturated carbocycles. The minimum Gasteiger partial charge on any atom is -0.457 e. The highest BCUT2D eigenvalue weighted by Gasteiger charge is 2.44. The van der Waals surface area contributed by atoms with Crippen molar-refractivity contribution in [2.24, 2.45) is 0 Å². The summed E-state index contributed by atoms with van der Waals surface area (Å²) in [6.07, 6.45) is 0. The summed E-state index contributed by atoms with van der Waals surface area (Å²) in [6.45, 7) is -0.516. The summed E-state index contributed by atoms with van der Waals surface area (Å²) in [4.78, 5) is 2.30. The van der Waals surface area contributed by atoms with Crippen LogP contribution in [0.15, 0.2) is 206 Å². The van der Waals surface area contributed by atoms with Gasteiger partial charge in [0.05, 0.1) is 22.7 Å². The second-order valence-electron chi connectivity index (χ2n) is 14.5. The van der Waals surface area contributed by atoms with Crippen molar-refractivity contribution in [3.8, 4) is 56.0 Å². The van der Waals surface area contributed by atoms with Crippen LogP contribution in [0, 0.1) is 0 Å². The minimum absolute atomic E-state index is 0.0936. The predicted octanol–water partition coefficient (Wildman–Crippen LogP) is 13.1. The number of thiophene rings is 1. The van der Waals surface area contributed by atoms with Crippen LogP contribution in [0.4, 0.5) is 17.1 Å². The third-order valence-corrected chi connectivity index (χ3v) is 12.5. The van der Waals surface area contributed by atoms with E-state index >= 15 is 0 Å². The van der Waals surface area contributed by atoms with Gasteiger partial charge in [-0.25, -0.2) is 0 Å². The molecule has 3 heterocycles. The molecule has 0 fully saturated rings. The van der Waals surface area contributed by atoms with E-state index in [9.17, 15) is 0 Å². The van der Waals surface area contributed by atoms with Gasteiger partial charge in [0.15, 0.2) is 0 Å². The molecule has 1 aromatic heterocycles. The smallest absolute Gasteiger partial charge is 0.256 e. The molecule has 0 bridgehead atoms. The van der Waals surface area contributed by atoms with E-state index in [-0.39, 0.29) is 41.8 Å². The lowest BCUT2D eigenvalue weighted by Gasteiger charge is -2.42. The van der Waals surface area contributed by atoms with Crippen molar-refractivity contribution in [3.05, 3.63) is 206 Å². The zero-order chi connectivity index (χ0) is 46.0. The van der Waals surface area contributed by atoms with E-state index in [1.807, 2.05) is 84.9 Å². The third-order valence-electron chi connectivity index (χ3n) is 11.3. The topological polar surface area (TPSA) is 12.5 Å². The maximum Gasteiger partial charge on any atom is 0.256 e. The fraction of sp³-hybridized carbons (Fsp3) is 0. The maximum atomic E-state index is 9.06. The van der Waals surface area contributed by atoms with Gasteiger partial charge in [0.25, 0.3) is 6.71 Å². The van der Waals surface area contributed by atoms with Crippen LogP contribution < -0.4 is 26.0 Å². The number of fused-ring (bicyclic) bond motifs is 8. The Morgan fingerprint density at radius 3 is 1.88 bits per heavy atom. The van der Waals surface area contributed by atoms with E-state index < -0.39 is 24.8 Å². The average molecular weight is 765 g/mol. The lowest BCUT2D eigenvalue weighted by atomic mass is 9.34. The first-order valence-corrected chi connectivity index (χ1v) is 19.9. The van der Waals surface area contributed by atoms with Gasteiger partial charge in [0, 0.05) is 38.0 Å². The van der Waals surface area contributed by atoms with Gasteiger partial charge in [0.1, 0.15) is 11.5 Å². The third kappa shape index (κ3) is 5.12. The van der Waals surface area contributed by atoms with Crippen LogP contribution in [0.1, 0.15) is 12.3 Å². The Morgan fingerprint density at radius 1 is 0.483 bits per heavy atom. The second kappa shape index (κ2) is 13.2. The predicted molar refractivity (Wildman–Crippen MR) is 247 cm³/mol. The van der Waals surface area contributed by atoms with E-state index in [0.29, 0.717) is 37.2 Å².